The van der Waals surface area contributed by atoms with Crippen LogP contribution in [0.5, 0.6) is 0 Å². The van der Waals surface area contributed by atoms with Crippen LogP contribution >= 0.6 is 0 Å². The van der Waals surface area contributed by atoms with Crippen molar-refractivity contribution in [2.45, 2.75) is 32.2 Å². The molecule has 104 valence electrons. The van der Waals surface area contributed by atoms with Crippen molar-refractivity contribution in [3.63, 3.8) is 0 Å². The highest BCUT2D eigenvalue weighted by Crippen LogP contribution is 2.51. The summed E-state index contributed by atoms with van der Waals surface area (Å²) in [6.45, 7) is 4.89. The van der Waals surface area contributed by atoms with E-state index in [0.717, 1.165) is 12.5 Å². The van der Waals surface area contributed by atoms with Crippen LogP contribution in [0.2, 0.25) is 0 Å². The Morgan fingerprint density at radius 3 is 2.42 bits per heavy atom. The van der Waals surface area contributed by atoms with Crippen molar-refractivity contribution in [1.82, 2.24) is 10.2 Å². The first-order valence-electron chi connectivity index (χ1n) is 7.73. The summed E-state index contributed by atoms with van der Waals surface area (Å²) in [5.74, 6) is 1.01. The molecule has 0 atom stereocenters. The fourth-order valence-electron chi connectivity index (χ4n) is 3.78. The largest absolute Gasteiger partial charge is 0.319 e. The van der Waals surface area contributed by atoms with E-state index in [2.05, 4.69) is 47.6 Å². The SMILES string of the molecule is CNCC1(C2CC2)CCN(Cc2ccccc2)CC1. The van der Waals surface area contributed by atoms with Crippen molar-refractivity contribution < 1.29 is 0 Å². The van der Waals surface area contributed by atoms with E-state index in [1.54, 1.807) is 0 Å². The minimum absolute atomic E-state index is 0.613. The molecule has 0 radical (unpaired) electrons. The summed E-state index contributed by atoms with van der Waals surface area (Å²) in [6, 6.07) is 10.9. The monoisotopic (exact) mass is 258 g/mol. The molecule has 2 heteroatoms. The van der Waals surface area contributed by atoms with Crippen LogP contribution in [0.15, 0.2) is 30.3 Å². The number of hydrogen-bond acceptors (Lipinski definition) is 2. The molecule has 1 aliphatic carbocycles. The fourth-order valence-corrected chi connectivity index (χ4v) is 3.78. The lowest BCUT2D eigenvalue weighted by Gasteiger charge is -2.42. The summed E-state index contributed by atoms with van der Waals surface area (Å²) in [5, 5.41) is 3.45. The summed E-state index contributed by atoms with van der Waals surface area (Å²) < 4.78 is 0. The van der Waals surface area contributed by atoms with E-state index in [1.165, 1.54) is 50.9 Å². The molecule has 2 nitrogen and oxygen atoms in total. The van der Waals surface area contributed by atoms with Gasteiger partial charge in [-0.1, -0.05) is 30.3 Å². The molecule has 1 heterocycles. The highest BCUT2D eigenvalue weighted by molar-refractivity contribution is 5.14. The number of nitrogens with one attached hydrogen (secondary N) is 1. The third-order valence-corrected chi connectivity index (χ3v) is 5.07. The van der Waals surface area contributed by atoms with Crippen LogP contribution in [0.25, 0.3) is 0 Å². The summed E-state index contributed by atoms with van der Waals surface area (Å²) in [5.41, 5.74) is 2.07. The van der Waals surface area contributed by atoms with Gasteiger partial charge >= 0.3 is 0 Å². The molecule has 0 aromatic heterocycles. The molecule has 2 aliphatic rings. The molecule has 0 unspecified atom stereocenters. The van der Waals surface area contributed by atoms with Gasteiger partial charge in [-0.15, -0.1) is 0 Å². The first-order chi connectivity index (χ1) is 9.32. The Hall–Kier alpha value is -0.860. The standard InChI is InChI=1S/C17H26N2/c1-18-14-17(16-7-8-16)9-11-19(12-10-17)13-15-5-3-2-4-6-15/h2-6,16,18H,7-14H2,1H3. The molecule has 1 saturated carbocycles. The van der Waals surface area contributed by atoms with Crippen molar-refractivity contribution >= 4 is 0 Å². The lowest BCUT2D eigenvalue weighted by molar-refractivity contribution is 0.0797. The van der Waals surface area contributed by atoms with Crippen molar-refractivity contribution in [3.05, 3.63) is 35.9 Å². The Balaban J connectivity index is 1.56. The van der Waals surface area contributed by atoms with Gasteiger partial charge in [0.2, 0.25) is 0 Å². The van der Waals surface area contributed by atoms with E-state index in [4.69, 9.17) is 0 Å². The van der Waals surface area contributed by atoms with Crippen LogP contribution in [0.1, 0.15) is 31.2 Å². The molecule has 19 heavy (non-hydrogen) atoms. The predicted octanol–water partition coefficient (Wildman–Crippen LogP) is 2.90. The number of benzene rings is 1. The summed E-state index contributed by atoms with van der Waals surface area (Å²) in [4.78, 5) is 2.63. The molecule has 0 amide bonds. The minimum Gasteiger partial charge on any atom is -0.319 e. The van der Waals surface area contributed by atoms with Gasteiger partial charge in [-0.3, -0.25) is 4.90 Å². The molecule has 1 saturated heterocycles. The normalized spacial score (nSPS) is 23.4. The second-order valence-electron chi connectivity index (χ2n) is 6.43. The van der Waals surface area contributed by atoms with Crippen LogP contribution in [-0.2, 0) is 6.54 Å². The Labute approximate surface area is 117 Å². The molecular formula is C17H26N2. The van der Waals surface area contributed by atoms with Crippen LogP contribution in [-0.4, -0.2) is 31.6 Å². The fraction of sp³-hybridized carbons (Fsp3) is 0.647. The van der Waals surface area contributed by atoms with Gasteiger partial charge in [0, 0.05) is 13.1 Å². The molecule has 2 fully saturated rings. The number of piperidine rings is 1. The van der Waals surface area contributed by atoms with Gasteiger partial charge in [0.15, 0.2) is 0 Å². The Bertz CT molecular complexity index is 389. The van der Waals surface area contributed by atoms with Gasteiger partial charge in [-0.2, -0.15) is 0 Å². The quantitative estimate of drug-likeness (QED) is 0.873. The summed E-state index contributed by atoms with van der Waals surface area (Å²) in [6.07, 6.45) is 5.71. The number of likely N-dealkylation sites (tertiary alicyclic amines) is 1. The second kappa shape index (κ2) is 5.64. The number of hydrogen-bond donors (Lipinski definition) is 1. The lowest BCUT2D eigenvalue weighted by atomic mass is 9.74. The zero-order chi connectivity index (χ0) is 13.1. The summed E-state index contributed by atoms with van der Waals surface area (Å²) >= 11 is 0. The molecule has 1 aliphatic heterocycles. The van der Waals surface area contributed by atoms with Gasteiger partial charge in [0.25, 0.3) is 0 Å². The van der Waals surface area contributed by atoms with Crippen molar-refractivity contribution in [3.8, 4) is 0 Å². The van der Waals surface area contributed by atoms with E-state index in [1.807, 2.05) is 0 Å². The first-order valence-corrected chi connectivity index (χ1v) is 7.73. The van der Waals surface area contributed by atoms with Crippen molar-refractivity contribution in [1.29, 1.82) is 0 Å². The molecule has 1 aromatic carbocycles. The second-order valence-corrected chi connectivity index (χ2v) is 6.43. The van der Waals surface area contributed by atoms with Crippen LogP contribution in [0.4, 0.5) is 0 Å². The van der Waals surface area contributed by atoms with Crippen molar-refractivity contribution in [2.75, 3.05) is 26.7 Å². The van der Waals surface area contributed by atoms with Crippen LogP contribution < -0.4 is 5.32 Å². The third-order valence-electron chi connectivity index (χ3n) is 5.07. The highest BCUT2D eigenvalue weighted by Gasteiger charge is 2.45. The Morgan fingerprint density at radius 2 is 1.84 bits per heavy atom. The Kier molecular flexibility index (Phi) is 3.90. The number of rotatable bonds is 5. The van der Waals surface area contributed by atoms with E-state index < -0.39 is 0 Å². The molecular weight excluding hydrogens is 232 g/mol. The molecule has 3 rings (SSSR count). The smallest absolute Gasteiger partial charge is 0.0233 e. The average molecular weight is 258 g/mol. The highest BCUT2D eigenvalue weighted by atomic mass is 15.1. The minimum atomic E-state index is 0.613. The summed E-state index contributed by atoms with van der Waals surface area (Å²) in [7, 11) is 2.11. The predicted molar refractivity (Wildman–Crippen MR) is 80.0 cm³/mol. The maximum Gasteiger partial charge on any atom is 0.0233 e. The van der Waals surface area contributed by atoms with E-state index in [-0.39, 0.29) is 0 Å². The van der Waals surface area contributed by atoms with Crippen LogP contribution in [0.3, 0.4) is 0 Å². The van der Waals surface area contributed by atoms with Gasteiger partial charge < -0.3 is 5.32 Å². The molecule has 0 bridgehead atoms. The van der Waals surface area contributed by atoms with Gasteiger partial charge in [0.05, 0.1) is 0 Å². The molecule has 1 aromatic rings. The van der Waals surface area contributed by atoms with Crippen LogP contribution in [0, 0.1) is 11.3 Å². The third kappa shape index (κ3) is 3.01. The van der Waals surface area contributed by atoms with Gasteiger partial charge in [-0.05, 0) is 62.7 Å². The maximum absolute atomic E-state index is 3.45. The maximum atomic E-state index is 3.45. The van der Waals surface area contributed by atoms with E-state index >= 15 is 0 Å². The zero-order valence-corrected chi connectivity index (χ0v) is 12.1. The topological polar surface area (TPSA) is 15.3 Å². The zero-order valence-electron chi connectivity index (χ0n) is 12.1. The van der Waals surface area contributed by atoms with Gasteiger partial charge in [-0.25, -0.2) is 0 Å². The van der Waals surface area contributed by atoms with E-state index in [0.29, 0.717) is 5.41 Å². The van der Waals surface area contributed by atoms with Crippen molar-refractivity contribution in [2.24, 2.45) is 11.3 Å². The molecule has 0 spiro atoms. The lowest BCUT2D eigenvalue weighted by Crippen LogP contribution is -2.45. The van der Waals surface area contributed by atoms with E-state index in [9.17, 15) is 0 Å². The average Bonchev–Trinajstić information content (AvgIpc) is 3.28. The first kappa shape index (κ1) is 13.1. The number of nitrogens with zero attached hydrogens (tertiary/aromatic N) is 1. The Morgan fingerprint density at radius 1 is 1.16 bits per heavy atom. The van der Waals surface area contributed by atoms with Gasteiger partial charge in [0.1, 0.15) is 0 Å². The molecule has 1 N–H and O–H groups in total.